The monoisotopic (exact) mass is 698 g/mol. The minimum absolute atomic E-state index is 0.103. The van der Waals surface area contributed by atoms with Crippen molar-refractivity contribution >= 4 is 35.4 Å². The summed E-state index contributed by atoms with van der Waals surface area (Å²) in [4.78, 5) is 63.1. The SMILES string of the molecule is CC(C)C(=O)OCc1ccc(NC(=O)[C@H](CCCNC(N)=O)NC(=O)[C@@H](NC(=O)COC2CCCCCc3c2nnn3C(C)C)C(C)C)cc1. The Kier molecular flexibility index (Phi) is 15.6. The van der Waals surface area contributed by atoms with Gasteiger partial charge < -0.3 is 36.5 Å². The summed E-state index contributed by atoms with van der Waals surface area (Å²) in [5, 5.41) is 19.6. The van der Waals surface area contributed by atoms with Crippen LogP contribution in [0.15, 0.2) is 24.3 Å². The van der Waals surface area contributed by atoms with Crippen LogP contribution in [0.2, 0.25) is 0 Å². The standard InChI is InChI=1S/C35H54N8O7/c1-21(2)30(40-29(44)20-49-28-13-9-7-8-12-27-31(28)41-42-43(27)23(5)6)33(46)39-26(11-10-18-37-35(36)48)32(45)38-25-16-14-24(15-17-25)19-50-34(47)22(3)4/h14-17,21-23,26,28,30H,7-13,18-20H2,1-6H3,(H,38,45)(H,39,46)(H,40,44)(H3,36,37,48)/t26-,28?,30-/m0/s1. The fraction of sp³-hybridized carbons (Fsp3) is 0.629. The minimum atomic E-state index is -0.991. The lowest BCUT2D eigenvalue weighted by atomic mass is 9.98. The molecular weight excluding hydrogens is 644 g/mol. The highest BCUT2D eigenvalue weighted by Gasteiger charge is 2.30. The lowest BCUT2D eigenvalue weighted by Gasteiger charge is -2.26. The van der Waals surface area contributed by atoms with E-state index in [2.05, 4.69) is 31.6 Å². The van der Waals surface area contributed by atoms with Gasteiger partial charge in [-0.3, -0.25) is 19.2 Å². The first-order valence-electron chi connectivity index (χ1n) is 17.5. The third-order valence-electron chi connectivity index (χ3n) is 8.35. The van der Waals surface area contributed by atoms with Crippen LogP contribution in [0.3, 0.4) is 0 Å². The summed E-state index contributed by atoms with van der Waals surface area (Å²) < 4.78 is 13.2. The Hall–Kier alpha value is -4.53. The highest BCUT2D eigenvalue weighted by molar-refractivity contribution is 5.98. The summed E-state index contributed by atoms with van der Waals surface area (Å²) in [5.74, 6) is -2.35. The number of carbonyl (C=O) groups is 5. The molecule has 0 fully saturated rings. The van der Waals surface area contributed by atoms with Gasteiger partial charge in [0.05, 0.1) is 11.6 Å². The molecule has 5 amide bonds. The Morgan fingerprint density at radius 2 is 1.68 bits per heavy atom. The van der Waals surface area contributed by atoms with E-state index >= 15 is 0 Å². The van der Waals surface area contributed by atoms with Gasteiger partial charge in [0, 0.05) is 18.3 Å². The van der Waals surface area contributed by atoms with Crippen molar-refractivity contribution < 1.29 is 33.4 Å². The third kappa shape index (κ3) is 12.4. The molecule has 3 atom stereocenters. The van der Waals surface area contributed by atoms with E-state index in [-0.39, 0.29) is 56.1 Å². The Morgan fingerprint density at radius 3 is 2.32 bits per heavy atom. The number of rotatable bonds is 17. The molecule has 1 aliphatic carbocycles. The summed E-state index contributed by atoms with van der Waals surface area (Å²) in [6.07, 6.45) is 4.71. The van der Waals surface area contributed by atoms with Crippen molar-refractivity contribution in [3.63, 3.8) is 0 Å². The van der Waals surface area contributed by atoms with Crippen LogP contribution < -0.4 is 27.0 Å². The number of nitrogens with two attached hydrogens (primary N) is 1. The zero-order valence-corrected chi connectivity index (χ0v) is 30.1. The number of hydrogen-bond acceptors (Lipinski definition) is 9. The molecule has 0 spiro atoms. The zero-order valence-electron chi connectivity index (χ0n) is 30.1. The van der Waals surface area contributed by atoms with Gasteiger partial charge in [0.25, 0.3) is 0 Å². The predicted octanol–water partition coefficient (Wildman–Crippen LogP) is 3.45. The maximum Gasteiger partial charge on any atom is 0.312 e. The van der Waals surface area contributed by atoms with Gasteiger partial charge in [-0.15, -0.1) is 5.10 Å². The molecule has 0 saturated heterocycles. The summed E-state index contributed by atoms with van der Waals surface area (Å²) in [5.41, 5.74) is 8.18. The molecular formula is C35H54N8O7. The molecule has 2 aromatic rings. The molecule has 1 aliphatic rings. The second kappa shape index (κ2) is 19.6. The van der Waals surface area contributed by atoms with Crippen molar-refractivity contribution in [2.75, 3.05) is 18.5 Å². The van der Waals surface area contributed by atoms with Gasteiger partial charge in [-0.1, -0.05) is 57.9 Å². The van der Waals surface area contributed by atoms with Crippen LogP contribution >= 0.6 is 0 Å². The van der Waals surface area contributed by atoms with Crippen molar-refractivity contribution in [3.8, 4) is 0 Å². The average Bonchev–Trinajstić information content (AvgIpc) is 3.47. The smallest absolute Gasteiger partial charge is 0.312 e. The van der Waals surface area contributed by atoms with Gasteiger partial charge in [0.1, 0.15) is 37.1 Å². The maximum atomic E-state index is 13.6. The number of benzene rings is 1. The number of urea groups is 1. The summed E-state index contributed by atoms with van der Waals surface area (Å²) in [7, 11) is 0. The number of fused-ring (bicyclic) bond motifs is 1. The largest absolute Gasteiger partial charge is 0.461 e. The number of esters is 1. The molecule has 0 saturated carbocycles. The maximum absolute atomic E-state index is 13.6. The Balaban J connectivity index is 1.64. The van der Waals surface area contributed by atoms with E-state index in [9.17, 15) is 24.0 Å². The van der Waals surface area contributed by atoms with Crippen LogP contribution in [-0.2, 0) is 41.7 Å². The molecule has 0 radical (unpaired) electrons. The number of ether oxygens (including phenoxy) is 2. The summed E-state index contributed by atoms with van der Waals surface area (Å²) in [6, 6.07) is 4.31. The average molecular weight is 699 g/mol. The molecule has 3 rings (SSSR count). The molecule has 1 aromatic heterocycles. The molecule has 276 valence electrons. The highest BCUT2D eigenvalue weighted by Crippen LogP contribution is 2.30. The topological polar surface area (TPSA) is 209 Å². The quantitative estimate of drug-likeness (QED) is 0.121. The number of nitrogens with zero attached hydrogens (tertiary/aromatic N) is 3. The van der Waals surface area contributed by atoms with Gasteiger partial charge in [-0.2, -0.15) is 0 Å². The summed E-state index contributed by atoms with van der Waals surface area (Å²) >= 11 is 0. The third-order valence-corrected chi connectivity index (χ3v) is 8.35. The van der Waals surface area contributed by atoms with Crippen LogP contribution in [-0.4, -0.2) is 70.0 Å². The first-order chi connectivity index (χ1) is 23.8. The molecule has 1 aromatic carbocycles. The van der Waals surface area contributed by atoms with E-state index in [0.29, 0.717) is 18.5 Å². The fourth-order valence-corrected chi connectivity index (χ4v) is 5.54. The number of primary amides is 1. The van der Waals surface area contributed by atoms with Gasteiger partial charge in [-0.05, 0) is 69.6 Å². The van der Waals surface area contributed by atoms with Gasteiger partial charge in [0.2, 0.25) is 17.7 Å². The zero-order chi connectivity index (χ0) is 36.8. The lowest BCUT2D eigenvalue weighted by molar-refractivity contribution is -0.148. The molecule has 0 aliphatic heterocycles. The van der Waals surface area contributed by atoms with Gasteiger partial charge in [0.15, 0.2) is 0 Å². The van der Waals surface area contributed by atoms with Crippen LogP contribution in [0.4, 0.5) is 10.5 Å². The fourth-order valence-electron chi connectivity index (χ4n) is 5.54. The van der Waals surface area contributed by atoms with E-state index < -0.39 is 35.8 Å². The van der Waals surface area contributed by atoms with Crippen molar-refractivity contribution in [3.05, 3.63) is 41.2 Å². The molecule has 1 unspecified atom stereocenters. The number of aromatic nitrogens is 3. The van der Waals surface area contributed by atoms with Crippen molar-refractivity contribution in [2.24, 2.45) is 17.6 Å². The molecule has 0 bridgehead atoms. The molecule has 6 N–H and O–H groups in total. The van der Waals surface area contributed by atoms with Crippen molar-refractivity contribution in [1.82, 2.24) is 30.9 Å². The van der Waals surface area contributed by atoms with Crippen LogP contribution in [0.1, 0.15) is 109 Å². The predicted molar refractivity (Wildman–Crippen MR) is 186 cm³/mol. The van der Waals surface area contributed by atoms with E-state index in [4.69, 9.17) is 15.2 Å². The Morgan fingerprint density at radius 1 is 0.960 bits per heavy atom. The second-order valence-corrected chi connectivity index (χ2v) is 13.6. The number of carbonyl (C=O) groups excluding carboxylic acids is 5. The van der Waals surface area contributed by atoms with Crippen LogP contribution in [0, 0.1) is 11.8 Å². The number of hydrogen-bond donors (Lipinski definition) is 5. The first kappa shape index (κ1) is 39.9. The second-order valence-electron chi connectivity index (χ2n) is 13.6. The van der Waals surface area contributed by atoms with Crippen LogP contribution in [0.25, 0.3) is 0 Å². The highest BCUT2D eigenvalue weighted by atomic mass is 16.5. The van der Waals surface area contributed by atoms with E-state index in [0.717, 1.165) is 42.6 Å². The summed E-state index contributed by atoms with van der Waals surface area (Å²) in [6.45, 7) is 11.2. The Labute approximate surface area is 294 Å². The minimum Gasteiger partial charge on any atom is -0.461 e. The molecule has 15 nitrogen and oxygen atoms in total. The number of nitrogens with one attached hydrogen (secondary N) is 4. The Bertz CT molecular complexity index is 1440. The molecule has 1 heterocycles. The van der Waals surface area contributed by atoms with E-state index in [1.807, 2.05) is 18.5 Å². The van der Waals surface area contributed by atoms with Crippen molar-refractivity contribution in [2.45, 2.75) is 117 Å². The first-order valence-corrected chi connectivity index (χ1v) is 17.5. The molecule has 15 heteroatoms. The van der Waals surface area contributed by atoms with Crippen molar-refractivity contribution in [1.29, 1.82) is 0 Å². The normalized spacial score (nSPS) is 15.7. The number of anilines is 1. The van der Waals surface area contributed by atoms with E-state index in [1.165, 1.54) is 0 Å². The van der Waals surface area contributed by atoms with Gasteiger partial charge in [-0.25, -0.2) is 9.48 Å². The molecule has 50 heavy (non-hydrogen) atoms. The van der Waals surface area contributed by atoms with Gasteiger partial charge >= 0.3 is 12.0 Å². The number of amides is 5. The van der Waals surface area contributed by atoms with Crippen LogP contribution in [0.5, 0.6) is 0 Å². The lowest BCUT2D eigenvalue weighted by Crippen LogP contribution is -2.55. The van der Waals surface area contributed by atoms with E-state index in [1.54, 1.807) is 52.0 Å².